The molecular formula is C15H24N4. The second kappa shape index (κ2) is 4.91. The van der Waals surface area contributed by atoms with Crippen LogP contribution < -0.4 is 5.32 Å². The van der Waals surface area contributed by atoms with Gasteiger partial charge in [0, 0.05) is 44.2 Å². The van der Waals surface area contributed by atoms with Gasteiger partial charge in [-0.1, -0.05) is 0 Å². The monoisotopic (exact) mass is 260 g/mol. The van der Waals surface area contributed by atoms with Gasteiger partial charge in [0.05, 0.1) is 5.69 Å². The van der Waals surface area contributed by atoms with Crippen LogP contribution in [0.3, 0.4) is 0 Å². The summed E-state index contributed by atoms with van der Waals surface area (Å²) in [4.78, 5) is 7.56. The summed E-state index contributed by atoms with van der Waals surface area (Å²) in [6.45, 7) is 7.08. The maximum absolute atomic E-state index is 4.94. The first kappa shape index (κ1) is 11.9. The Hall–Kier alpha value is -0.870. The Morgan fingerprint density at radius 1 is 1.16 bits per heavy atom. The molecule has 4 nitrogen and oxygen atoms in total. The highest BCUT2D eigenvalue weighted by Gasteiger charge is 2.31. The molecule has 1 aliphatic carbocycles. The first-order valence-electron chi connectivity index (χ1n) is 7.93. The lowest BCUT2D eigenvalue weighted by atomic mass is 10.2. The molecule has 4 heteroatoms. The van der Waals surface area contributed by atoms with Gasteiger partial charge in [0.1, 0.15) is 5.82 Å². The van der Waals surface area contributed by atoms with Crippen LogP contribution in [-0.2, 0) is 19.5 Å². The number of nitrogens with one attached hydrogen (secondary N) is 1. The third kappa shape index (κ3) is 2.32. The van der Waals surface area contributed by atoms with Gasteiger partial charge in [-0.25, -0.2) is 4.98 Å². The highest BCUT2D eigenvalue weighted by Crippen LogP contribution is 2.40. The largest absolute Gasteiger partial charge is 0.330 e. The van der Waals surface area contributed by atoms with Gasteiger partial charge >= 0.3 is 0 Å². The minimum absolute atomic E-state index is 0.768. The molecule has 2 aliphatic heterocycles. The number of hydrogen-bond donors (Lipinski definition) is 1. The van der Waals surface area contributed by atoms with Crippen LogP contribution in [0, 0.1) is 0 Å². The van der Waals surface area contributed by atoms with Crippen molar-refractivity contribution < 1.29 is 0 Å². The lowest BCUT2D eigenvalue weighted by Gasteiger charge is -2.19. The van der Waals surface area contributed by atoms with Crippen LogP contribution in [0.1, 0.15) is 48.8 Å². The molecule has 0 amide bonds. The van der Waals surface area contributed by atoms with Gasteiger partial charge in [-0.2, -0.15) is 0 Å². The van der Waals surface area contributed by atoms with E-state index in [0.717, 1.165) is 32.0 Å². The first-order chi connectivity index (χ1) is 9.42. The molecular weight excluding hydrogens is 236 g/mol. The molecule has 3 aliphatic rings. The molecule has 104 valence electrons. The van der Waals surface area contributed by atoms with E-state index >= 15 is 0 Å². The predicted molar refractivity (Wildman–Crippen MR) is 75.3 cm³/mol. The number of rotatable bonds is 4. The summed E-state index contributed by atoms with van der Waals surface area (Å²) in [5.74, 6) is 2.16. The molecule has 4 rings (SSSR count). The Kier molecular flexibility index (Phi) is 3.08. The normalized spacial score (nSPS) is 23.8. The zero-order valence-electron chi connectivity index (χ0n) is 11.7. The summed E-state index contributed by atoms with van der Waals surface area (Å²) in [5, 5.41) is 3.45. The van der Waals surface area contributed by atoms with E-state index in [-0.39, 0.29) is 0 Å². The van der Waals surface area contributed by atoms with Crippen molar-refractivity contribution in [3.05, 3.63) is 17.2 Å². The summed E-state index contributed by atoms with van der Waals surface area (Å²) in [7, 11) is 0. The summed E-state index contributed by atoms with van der Waals surface area (Å²) < 4.78 is 2.58. The Morgan fingerprint density at radius 2 is 2.00 bits per heavy atom. The van der Waals surface area contributed by atoms with Gasteiger partial charge < -0.3 is 14.8 Å². The molecule has 0 radical (unpaired) electrons. The van der Waals surface area contributed by atoms with E-state index in [0.29, 0.717) is 0 Å². The molecule has 0 atom stereocenters. The van der Waals surface area contributed by atoms with E-state index in [9.17, 15) is 0 Å². The molecule has 2 fully saturated rings. The van der Waals surface area contributed by atoms with Crippen molar-refractivity contribution in [1.82, 2.24) is 19.8 Å². The Bertz CT molecular complexity index is 455. The van der Waals surface area contributed by atoms with Crippen LogP contribution in [0.4, 0.5) is 0 Å². The van der Waals surface area contributed by atoms with Gasteiger partial charge in [0.15, 0.2) is 0 Å². The maximum Gasteiger partial charge on any atom is 0.112 e. The summed E-state index contributed by atoms with van der Waals surface area (Å²) in [5.41, 5.74) is 2.86. The SMILES string of the molecule is C1CCN(CCn2c(C3CC3)nc3c2CCNC3)C1. The maximum atomic E-state index is 4.94. The zero-order chi connectivity index (χ0) is 12.7. The summed E-state index contributed by atoms with van der Waals surface area (Å²) >= 11 is 0. The molecule has 0 spiro atoms. The van der Waals surface area contributed by atoms with Crippen molar-refractivity contribution in [2.24, 2.45) is 0 Å². The third-order valence-electron chi connectivity index (χ3n) is 4.80. The van der Waals surface area contributed by atoms with Crippen LogP contribution in [0.15, 0.2) is 0 Å². The molecule has 19 heavy (non-hydrogen) atoms. The van der Waals surface area contributed by atoms with Crippen molar-refractivity contribution >= 4 is 0 Å². The quantitative estimate of drug-likeness (QED) is 0.890. The number of likely N-dealkylation sites (tertiary alicyclic amines) is 1. The fourth-order valence-corrected chi connectivity index (χ4v) is 3.54. The predicted octanol–water partition coefficient (Wildman–Crippen LogP) is 1.50. The molecule has 1 saturated heterocycles. The van der Waals surface area contributed by atoms with Crippen LogP contribution in [-0.4, -0.2) is 40.6 Å². The second-order valence-corrected chi connectivity index (χ2v) is 6.26. The van der Waals surface area contributed by atoms with Gasteiger partial charge in [-0.3, -0.25) is 0 Å². The number of nitrogens with zero attached hydrogens (tertiary/aromatic N) is 3. The third-order valence-corrected chi connectivity index (χ3v) is 4.80. The summed E-state index contributed by atoms with van der Waals surface area (Å²) in [6, 6.07) is 0. The standard InChI is InChI=1S/C15H24N4/c1-2-8-18(7-1)9-10-19-14-5-6-16-11-13(14)17-15(19)12-3-4-12/h12,16H,1-11H2. The zero-order valence-corrected chi connectivity index (χ0v) is 11.7. The molecule has 3 heterocycles. The smallest absolute Gasteiger partial charge is 0.112 e. The van der Waals surface area contributed by atoms with Gasteiger partial charge in [0.25, 0.3) is 0 Å². The van der Waals surface area contributed by atoms with Crippen LogP contribution >= 0.6 is 0 Å². The van der Waals surface area contributed by atoms with Crippen molar-refractivity contribution in [3.63, 3.8) is 0 Å². The molecule has 0 aromatic carbocycles. The average Bonchev–Trinajstić information content (AvgIpc) is 3.02. The van der Waals surface area contributed by atoms with E-state index in [1.165, 1.54) is 62.5 Å². The van der Waals surface area contributed by atoms with Gasteiger partial charge in [0.2, 0.25) is 0 Å². The molecule has 0 bridgehead atoms. The number of imidazole rings is 1. The van der Waals surface area contributed by atoms with Crippen LogP contribution in [0.5, 0.6) is 0 Å². The van der Waals surface area contributed by atoms with Crippen molar-refractivity contribution in [3.8, 4) is 0 Å². The Morgan fingerprint density at radius 3 is 2.79 bits per heavy atom. The molecule has 1 saturated carbocycles. The fourth-order valence-electron chi connectivity index (χ4n) is 3.54. The highest BCUT2D eigenvalue weighted by atomic mass is 15.2. The van der Waals surface area contributed by atoms with E-state index in [1.807, 2.05) is 0 Å². The minimum atomic E-state index is 0.768. The van der Waals surface area contributed by atoms with Crippen molar-refractivity contribution in [2.75, 3.05) is 26.2 Å². The van der Waals surface area contributed by atoms with E-state index in [4.69, 9.17) is 4.98 Å². The number of aromatic nitrogens is 2. The van der Waals surface area contributed by atoms with Crippen molar-refractivity contribution in [1.29, 1.82) is 0 Å². The molecule has 1 N–H and O–H groups in total. The lowest BCUT2D eigenvalue weighted by Crippen LogP contribution is -2.28. The average molecular weight is 260 g/mol. The Balaban J connectivity index is 1.55. The second-order valence-electron chi connectivity index (χ2n) is 6.26. The van der Waals surface area contributed by atoms with Gasteiger partial charge in [-0.15, -0.1) is 0 Å². The van der Waals surface area contributed by atoms with Crippen LogP contribution in [0.2, 0.25) is 0 Å². The minimum Gasteiger partial charge on any atom is -0.330 e. The first-order valence-corrected chi connectivity index (χ1v) is 7.93. The van der Waals surface area contributed by atoms with E-state index in [1.54, 1.807) is 0 Å². The molecule has 0 unspecified atom stereocenters. The summed E-state index contributed by atoms with van der Waals surface area (Å²) in [6.07, 6.45) is 6.65. The number of hydrogen-bond acceptors (Lipinski definition) is 3. The molecule has 1 aromatic heterocycles. The highest BCUT2D eigenvalue weighted by molar-refractivity contribution is 5.24. The Labute approximate surface area is 115 Å². The van der Waals surface area contributed by atoms with E-state index < -0.39 is 0 Å². The van der Waals surface area contributed by atoms with Crippen LogP contribution in [0.25, 0.3) is 0 Å². The lowest BCUT2D eigenvalue weighted by molar-refractivity contribution is 0.318. The number of fused-ring (bicyclic) bond motifs is 1. The van der Waals surface area contributed by atoms with Crippen molar-refractivity contribution in [2.45, 2.75) is 51.1 Å². The topological polar surface area (TPSA) is 33.1 Å². The fraction of sp³-hybridized carbons (Fsp3) is 0.800. The van der Waals surface area contributed by atoms with Gasteiger partial charge in [-0.05, 0) is 38.8 Å². The van der Waals surface area contributed by atoms with E-state index in [2.05, 4.69) is 14.8 Å². The molecule has 1 aromatic rings.